The van der Waals surface area contributed by atoms with Crippen LogP contribution >= 0.6 is 0 Å². The van der Waals surface area contributed by atoms with Gasteiger partial charge in [-0.25, -0.2) is 0 Å². The molecule has 3 aromatic rings. The van der Waals surface area contributed by atoms with Crippen molar-refractivity contribution in [2.45, 2.75) is 32.2 Å². The predicted octanol–water partition coefficient (Wildman–Crippen LogP) is 5.05. The summed E-state index contributed by atoms with van der Waals surface area (Å²) in [6, 6.07) is 20.0. The summed E-state index contributed by atoms with van der Waals surface area (Å²) in [5, 5.41) is 5.13. The van der Waals surface area contributed by atoms with Crippen LogP contribution in [0.15, 0.2) is 60.7 Å². The molecule has 3 aromatic carbocycles. The molecule has 0 radical (unpaired) electrons. The third-order valence-corrected chi connectivity index (χ3v) is 5.42. The molecule has 27 heavy (non-hydrogen) atoms. The first kappa shape index (κ1) is 17.4. The second-order valence-electron chi connectivity index (χ2n) is 7.30. The molecule has 1 aliphatic heterocycles. The first-order valence-electron chi connectivity index (χ1n) is 9.59. The van der Waals surface area contributed by atoms with Gasteiger partial charge in [0.1, 0.15) is 0 Å². The zero-order valence-corrected chi connectivity index (χ0v) is 15.6. The maximum Gasteiger partial charge on any atom is 0.256 e. The van der Waals surface area contributed by atoms with Crippen molar-refractivity contribution in [1.29, 1.82) is 0 Å². The largest absolute Gasteiger partial charge is 0.399 e. The van der Waals surface area contributed by atoms with Crippen molar-refractivity contribution in [2.24, 2.45) is 0 Å². The highest BCUT2D eigenvalue weighted by Gasteiger charge is 2.22. The van der Waals surface area contributed by atoms with Crippen molar-refractivity contribution < 1.29 is 4.79 Å². The summed E-state index contributed by atoms with van der Waals surface area (Å²) in [4.78, 5) is 15.5. The number of piperidine rings is 1. The van der Waals surface area contributed by atoms with E-state index >= 15 is 0 Å². The van der Waals surface area contributed by atoms with Gasteiger partial charge in [0, 0.05) is 23.8 Å². The number of nitrogen functional groups attached to an aromatic ring is 1. The Morgan fingerprint density at radius 1 is 1.07 bits per heavy atom. The first-order valence-corrected chi connectivity index (χ1v) is 9.59. The summed E-state index contributed by atoms with van der Waals surface area (Å²) in [5.41, 5.74) is 9.18. The van der Waals surface area contributed by atoms with E-state index in [2.05, 4.69) is 17.1 Å². The summed E-state index contributed by atoms with van der Waals surface area (Å²) >= 11 is 0. The lowest BCUT2D eigenvalue weighted by Gasteiger charge is -2.36. The Morgan fingerprint density at radius 3 is 2.74 bits per heavy atom. The summed E-state index contributed by atoms with van der Waals surface area (Å²) in [5.74, 6) is -0.108. The Hall–Kier alpha value is -3.01. The van der Waals surface area contributed by atoms with Crippen LogP contribution in [0.4, 0.5) is 17.1 Å². The van der Waals surface area contributed by atoms with E-state index in [-0.39, 0.29) is 5.91 Å². The minimum Gasteiger partial charge on any atom is -0.399 e. The van der Waals surface area contributed by atoms with Gasteiger partial charge in [-0.1, -0.05) is 36.4 Å². The lowest BCUT2D eigenvalue weighted by atomic mass is 10.0. The molecule has 1 unspecified atom stereocenters. The molecule has 4 rings (SSSR count). The molecular weight excluding hydrogens is 334 g/mol. The van der Waals surface area contributed by atoms with Gasteiger partial charge in [-0.15, -0.1) is 0 Å². The number of hydrogen-bond acceptors (Lipinski definition) is 3. The van der Waals surface area contributed by atoms with Gasteiger partial charge in [0.25, 0.3) is 5.91 Å². The number of carbonyl (C=O) groups excluding carboxylic acids is 1. The Kier molecular flexibility index (Phi) is 4.71. The average Bonchev–Trinajstić information content (AvgIpc) is 2.68. The fourth-order valence-corrected chi connectivity index (χ4v) is 3.97. The third kappa shape index (κ3) is 3.47. The normalized spacial score (nSPS) is 17.1. The van der Waals surface area contributed by atoms with E-state index in [4.69, 9.17) is 5.73 Å². The Balaban J connectivity index is 1.69. The molecule has 1 fully saturated rings. The van der Waals surface area contributed by atoms with Gasteiger partial charge >= 0.3 is 0 Å². The second kappa shape index (κ2) is 7.31. The van der Waals surface area contributed by atoms with Crippen LogP contribution in [0.25, 0.3) is 10.8 Å². The van der Waals surface area contributed by atoms with E-state index in [1.807, 2.05) is 60.7 Å². The molecule has 0 saturated carbocycles. The zero-order chi connectivity index (χ0) is 18.8. The lowest BCUT2D eigenvalue weighted by molar-refractivity contribution is 0.102. The summed E-state index contributed by atoms with van der Waals surface area (Å²) in [6.07, 6.45) is 3.59. The van der Waals surface area contributed by atoms with E-state index in [9.17, 15) is 4.79 Å². The van der Waals surface area contributed by atoms with Gasteiger partial charge in [-0.3, -0.25) is 4.79 Å². The number of anilines is 3. The number of benzene rings is 3. The van der Waals surface area contributed by atoms with Crippen LogP contribution in [0.3, 0.4) is 0 Å². The number of fused-ring (bicyclic) bond motifs is 1. The number of nitrogens with one attached hydrogen (secondary N) is 1. The molecule has 0 aliphatic carbocycles. The molecule has 4 nitrogen and oxygen atoms in total. The molecule has 0 aromatic heterocycles. The Bertz CT molecular complexity index is 977. The smallest absolute Gasteiger partial charge is 0.256 e. The van der Waals surface area contributed by atoms with Crippen molar-refractivity contribution in [3.8, 4) is 0 Å². The number of rotatable bonds is 3. The van der Waals surface area contributed by atoms with E-state index in [1.165, 1.54) is 19.3 Å². The molecule has 3 N–H and O–H groups in total. The minimum atomic E-state index is -0.108. The van der Waals surface area contributed by atoms with Crippen molar-refractivity contribution in [2.75, 3.05) is 22.5 Å². The van der Waals surface area contributed by atoms with Crippen LogP contribution < -0.4 is 16.0 Å². The third-order valence-electron chi connectivity index (χ3n) is 5.42. The van der Waals surface area contributed by atoms with Gasteiger partial charge in [0.15, 0.2) is 0 Å². The van der Waals surface area contributed by atoms with Crippen LogP contribution in [-0.2, 0) is 0 Å². The fraction of sp³-hybridized carbons (Fsp3) is 0.261. The van der Waals surface area contributed by atoms with Gasteiger partial charge in [0.05, 0.1) is 11.4 Å². The van der Waals surface area contributed by atoms with Gasteiger partial charge in [-0.05, 0) is 61.2 Å². The molecule has 0 bridgehead atoms. The molecule has 138 valence electrons. The maximum atomic E-state index is 13.1. The monoisotopic (exact) mass is 359 g/mol. The van der Waals surface area contributed by atoms with Gasteiger partial charge in [0.2, 0.25) is 0 Å². The Labute approximate surface area is 160 Å². The van der Waals surface area contributed by atoms with Crippen molar-refractivity contribution in [1.82, 2.24) is 0 Å². The molecular formula is C23H25N3O. The maximum absolute atomic E-state index is 13.1. The van der Waals surface area contributed by atoms with Crippen LogP contribution in [0.2, 0.25) is 0 Å². The predicted molar refractivity (Wildman–Crippen MR) is 113 cm³/mol. The summed E-state index contributed by atoms with van der Waals surface area (Å²) in [6.45, 7) is 3.24. The topological polar surface area (TPSA) is 58.4 Å². The fourth-order valence-electron chi connectivity index (χ4n) is 3.97. The summed E-state index contributed by atoms with van der Waals surface area (Å²) in [7, 11) is 0. The number of hydrogen-bond donors (Lipinski definition) is 2. The number of nitrogens with two attached hydrogens (primary N) is 1. The number of amides is 1. The molecule has 0 spiro atoms. The molecule has 1 aliphatic rings. The van der Waals surface area contributed by atoms with Crippen molar-refractivity contribution in [3.05, 3.63) is 66.2 Å². The quantitative estimate of drug-likeness (QED) is 0.643. The highest BCUT2D eigenvalue weighted by molar-refractivity contribution is 6.14. The number of nitrogens with zero attached hydrogens (tertiary/aromatic N) is 1. The van der Waals surface area contributed by atoms with Crippen LogP contribution in [0.1, 0.15) is 36.5 Å². The van der Waals surface area contributed by atoms with E-state index < -0.39 is 0 Å². The average molecular weight is 359 g/mol. The Morgan fingerprint density at radius 2 is 1.89 bits per heavy atom. The zero-order valence-electron chi connectivity index (χ0n) is 15.6. The van der Waals surface area contributed by atoms with Crippen LogP contribution in [0, 0.1) is 0 Å². The summed E-state index contributed by atoms with van der Waals surface area (Å²) < 4.78 is 0. The molecule has 1 saturated heterocycles. The highest BCUT2D eigenvalue weighted by Crippen LogP contribution is 2.33. The van der Waals surface area contributed by atoms with Gasteiger partial charge < -0.3 is 16.0 Å². The second-order valence-corrected chi connectivity index (χ2v) is 7.30. The molecule has 1 amide bonds. The van der Waals surface area contributed by atoms with Crippen molar-refractivity contribution >= 4 is 33.7 Å². The van der Waals surface area contributed by atoms with Crippen LogP contribution in [-0.4, -0.2) is 18.5 Å². The standard InChI is InChI=1S/C23H25N3O/c1-16-7-4-5-14-26(16)22-13-12-18(24)15-21(22)25-23(27)20-11-6-9-17-8-2-3-10-19(17)20/h2-3,6,8-13,15-16H,4-5,7,14,24H2,1H3,(H,25,27). The lowest BCUT2D eigenvalue weighted by Crippen LogP contribution is -2.38. The van der Waals surface area contributed by atoms with E-state index in [0.29, 0.717) is 17.3 Å². The first-order chi connectivity index (χ1) is 13.1. The van der Waals surface area contributed by atoms with Crippen LogP contribution in [0.5, 0.6) is 0 Å². The molecule has 1 heterocycles. The van der Waals surface area contributed by atoms with Gasteiger partial charge in [-0.2, -0.15) is 0 Å². The molecule has 1 atom stereocenters. The van der Waals surface area contributed by atoms with E-state index in [1.54, 1.807) is 0 Å². The van der Waals surface area contributed by atoms with E-state index in [0.717, 1.165) is 28.7 Å². The SMILES string of the molecule is CC1CCCCN1c1ccc(N)cc1NC(=O)c1cccc2ccccc12. The number of carbonyl (C=O) groups is 1. The minimum absolute atomic E-state index is 0.108. The molecule has 4 heteroatoms. The van der Waals surface area contributed by atoms with Crippen molar-refractivity contribution in [3.63, 3.8) is 0 Å². The highest BCUT2D eigenvalue weighted by atomic mass is 16.1.